The number of aliphatic hydroxyl groups is 1. The number of carbonyl (C=O) groups is 1. The van der Waals surface area contributed by atoms with Gasteiger partial charge in [-0.3, -0.25) is 9.10 Å². The lowest BCUT2D eigenvalue weighted by molar-refractivity contribution is -0.145. The molecule has 0 spiro atoms. The van der Waals surface area contributed by atoms with E-state index >= 15 is 0 Å². The zero-order valence-corrected chi connectivity index (χ0v) is 17.9. The molecule has 2 aromatic carbocycles. The molecule has 11 heteroatoms. The summed E-state index contributed by atoms with van der Waals surface area (Å²) in [7, 11) is -2.44. The molecule has 4 N–H and O–H groups in total. The van der Waals surface area contributed by atoms with Crippen LogP contribution in [0.1, 0.15) is 6.92 Å². The molecular formula is C21H20FN3O6S. The second-order valence-electron chi connectivity index (χ2n) is 6.89. The number of nitrogens with zero attached hydrogens (tertiary/aromatic N) is 1. The molecule has 0 amide bonds. The normalized spacial score (nSPS) is 12.2. The highest BCUT2D eigenvalue weighted by Gasteiger charge is 2.22. The number of fused-ring (bicyclic) bond motifs is 3. The number of hydrogen-bond donors (Lipinski definition) is 4. The molecule has 168 valence electrons. The van der Waals surface area contributed by atoms with Crippen molar-refractivity contribution in [3.8, 4) is 0 Å². The second-order valence-corrected chi connectivity index (χ2v) is 8.86. The van der Waals surface area contributed by atoms with E-state index in [4.69, 9.17) is 10.2 Å². The van der Waals surface area contributed by atoms with Crippen LogP contribution in [0.25, 0.3) is 21.8 Å². The Hall–Kier alpha value is -3.70. The number of benzene rings is 2. The summed E-state index contributed by atoms with van der Waals surface area (Å²) in [6.07, 6.45) is 0.399. The van der Waals surface area contributed by atoms with Crippen LogP contribution >= 0.6 is 0 Å². The first kappa shape index (κ1) is 23.0. The fraction of sp³-hybridized carbons (Fsp3) is 0.143. The van der Waals surface area contributed by atoms with E-state index in [1.807, 2.05) is 0 Å². The van der Waals surface area contributed by atoms with Crippen molar-refractivity contribution in [2.24, 2.45) is 0 Å². The summed E-state index contributed by atoms with van der Waals surface area (Å²) in [4.78, 5) is 27.1. The zero-order valence-electron chi connectivity index (χ0n) is 17.0. The molecular weight excluding hydrogens is 441 g/mol. The van der Waals surface area contributed by atoms with Crippen molar-refractivity contribution >= 4 is 43.5 Å². The summed E-state index contributed by atoms with van der Waals surface area (Å²) in [6, 6.07) is 11.5. The first-order chi connectivity index (χ1) is 15.0. The number of carboxylic acids is 1. The van der Waals surface area contributed by atoms with E-state index in [1.54, 1.807) is 18.3 Å². The molecule has 0 saturated carbocycles. The minimum Gasteiger partial charge on any atom is -0.479 e. The van der Waals surface area contributed by atoms with Gasteiger partial charge in [0.25, 0.3) is 15.6 Å². The number of aromatic amines is 2. The quantitative estimate of drug-likeness (QED) is 0.368. The SMILES string of the molecule is CC(O)C(=O)O.CN(c1ccc(F)cc1)S(=O)(=O)c1ccc2[nH]c(=O)c3[nH]ccc3c2c1. The molecule has 2 heterocycles. The monoisotopic (exact) mass is 461 g/mol. The van der Waals surface area contributed by atoms with Crippen molar-refractivity contribution in [2.45, 2.75) is 17.9 Å². The van der Waals surface area contributed by atoms with Crippen LogP contribution in [-0.2, 0) is 14.8 Å². The average molecular weight is 461 g/mol. The van der Waals surface area contributed by atoms with Crippen LogP contribution in [0, 0.1) is 5.82 Å². The maximum Gasteiger partial charge on any atom is 0.332 e. The fourth-order valence-electron chi connectivity index (χ4n) is 2.93. The highest BCUT2D eigenvalue weighted by Crippen LogP contribution is 2.27. The molecule has 0 radical (unpaired) electrons. The summed E-state index contributed by atoms with van der Waals surface area (Å²) in [6.45, 7) is 1.20. The lowest BCUT2D eigenvalue weighted by atomic mass is 10.1. The van der Waals surface area contributed by atoms with Gasteiger partial charge < -0.3 is 20.2 Å². The second kappa shape index (κ2) is 8.81. The van der Waals surface area contributed by atoms with Crippen LogP contribution < -0.4 is 9.86 Å². The number of halogens is 1. The Morgan fingerprint density at radius 2 is 1.72 bits per heavy atom. The van der Waals surface area contributed by atoms with Gasteiger partial charge in [0.15, 0.2) is 0 Å². The third-order valence-electron chi connectivity index (χ3n) is 4.71. The topological polar surface area (TPSA) is 144 Å². The van der Waals surface area contributed by atoms with Crippen molar-refractivity contribution < 1.29 is 27.8 Å². The van der Waals surface area contributed by atoms with Gasteiger partial charge in [-0.2, -0.15) is 0 Å². The smallest absolute Gasteiger partial charge is 0.332 e. The minimum absolute atomic E-state index is 0.0753. The Balaban J connectivity index is 0.000000427. The van der Waals surface area contributed by atoms with Crippen LogP contribution in [-0.4, -0.2) is 47.7 Å². The third-order valence-corrected chi connectivity index (χ3v) is 6.49. The molecule has 0 aliphatic carbocycles. The van der Waals surface area contributed by atoms with E-state index in [9.17, 15) is 22.4 Å². The van der Waals surface area contributed by atoms with E-state index in [0.29, 0.717) is 27.5 Å². The number of aromatic nitrogens is 2. The van der Waals surface area contributed by atoms with Crippen LogP contribution in [0.3, 0.4) is 0 Å². The molecule has 4 aromatic rings. The number of aliphatic carboxylic acids is 1. The highest BCUT2D eigenvalue weighted by atomic mass is 32.2. The number of nitrogens with one attached hydrogen (secondary N) is 2. The lowest BCUT2D eigenvalue weighted by Crippen LogP contribution is -2.26. The Morgan fingerprint density at radius 3 is 2.31 bits per heavy atom. The third kappa shape index (κ3) is 4.48. The van der Waals surface area contributed by atoms with Crippen LogP contribution in [0.5, 0.6) is 0 Å². The van der Waals surface area contributed by atoms with Crippen molar-refractivity contribution in [1.82, 2.24) is 9.97 Å². The number of sulfonamides is 1. The van der Waals surface area contributed by atoms with E-state index in [-0.39, 0.29) is 10.5 Å². The van der Waals surface area contributed by atoms with Crippen molar-refractivity contribution in [3.05, 3.63) is 70.9 Å². The van der Waals surface area contributed by atoms with E-state index in [2.05, 4.69) is 9.97 Å². The Kier molecular flexibility index (Phi) is 6.32. The van der Waals surface area contributed by atoms with Crippen molar-refractivity contribution in [1.29, 1.82) is 0 Å². The maximum absolute atomic E-state index is 13.1. The minimum atomic E-state index is -3.85. The van der Waals surface area contributed by atoms with Gasteiger partial charge in [-0.15, -0.1) is 0 Å². The van der Waals surface area contributed by atoms with Gasteiger partial charge >= 0.3 is 5.97 Å². The molecule has 0 aliphatic heterocycles. The van der Waals surface area contributed by atoms with E-state index < -0.39 is 27.9 Å². The average Bonchev–Trinajstić information content (AvgIpc) is 3.25. The molecule has 2 aromatic heterocycles. The number of carboxylic acid groups (broad SMARTS) is 1. The molecule has 0 aliphatic rings. The summed E-state index contributed by atoms with van der Waals surface area (Å²) in [5, 5.41) is 17.0. The van der Waals surface area contributed by atoms with Gasteiger partial charge in [-0.25, -0.2) is 17.6 Å². The Bertz CT molecular complexity index is 1440. The fourth-order valence-corrected chi connectivity index (χ4v) is 4.15. The Labute approximate surface area is 181 Å². The van der Waals surface area contributed by atoms with Gasteiger partial charge in [0.05, 0.1) is 10.6 Å². The van der Waals surface area contributed by atoms with Crippen molar-refractivity contribution in [3.63, 3.8) is 0 Å². The highest BCUT2D eigenvalue weighted by molar-refractivity contribution is 7.92. The standard InChI is InChI=1S/C18H14FN3O3S.C3H6O3/c1-22(12-4-2-11(19)3-5-12)26(24,25)13-6-7-16-15(10-13)14-8-9-20-17(14)18(23)21-16;1-2(4)3(5)6/h2-10,20H,1H3,(H,21,23);2,4H,1H3,(H,5,6). The maximum atomic E-state index is 13.1. The molecule has 32 heavy (non-hydrogen) atoms. The molecule has 0 saturated heterocycles. The predicted octanol–water partition coefficient (Wildman–Crippen LogP) is 2.43. The van der Waals surface area contributed by atoms with Crippen LogP contribution in [0.2, 0.25) is 0 Å². The van der Waals surface area contributed by atoms with Gasteiger partial charge in [0, 0.05) is 29.5 Å². The van der Waals surface area contributed by atoms with Crippen molar-refractivity contribution in [2.75, 3.05) is 11.4 Å². The number of H-pyrrole nitrogens is 2. The Morgan fingerprint density at radius 1 is 1.09 bits per heavy atom. The van der Waals surface area contributed by atoms with Gasteiger partial charge in [-0.1, -0.05) is 0 Å². The predicted molar refractivity (Wildman–Crippen MR) is 118 cm³/mol. The van der Waals surface area contributed by atoms with Crippen LogP contribution in [0.15, 0.2) is 64.4 Å². The first-order valence-corrected chi connectivity index (χ1v) is 10.7. The number of aliphatic hydroxyl groups excluding tert-OH is 1. The molecule has 0 bridgehead atoms. The molecule has 0 fully saturated rings. The molecule has 1 atom stereocenters. The first-order valence-electron chi connectivity index (χ1n) is 9.31. The van der Waals surface area contributed by atoms with E-state index in [0.717, 1.165) is 4.31 Å². The van der Waals surface area contributed by atoms with E-state index in [1.165, 1.54) is 50.4 Å². The summed E-state index contributed by atoms with van der Waals surface area (Å²) in [5.41, 5.74) is 1.01. The van der Waals surface area contributed by atoms with Gasteiger partial charge in [0.1, 0.15) is 17.4 Å². The largest absolute Gasteiger partial charge is 0.479 e. The molecule has 1 unspecified atom stereocenters. The van der Waals surface area contributed by atoms with Gasteiger partial charge in [0.2, 0.25) is 0 Å². The summed E-state index contributed by atoms with van der Waals surface area (Å²) >= 11 is 0. The van der Waals surface area contributed by atoms with Gasteiger partial charge in [-0.05, 0) is 55.5 Å². The molecule has 4 rings (SSSR count). The summed E-state index contributed by atoms with van der Waals surface area (Å²) in [5.74, 6) is -1.63. The number of pyridine rings is 1. The van der Waals surface area contributed by atoms with Crippen LogP contribution in [0.4, 0.5) is 10.1 Å². The molecule has 9 nitrogen and oxygen atoms in total. The number of rotatable bonds is 4. The summed E-state index contributed by atoms with van der Waals surface area (Å²) < 4.78 is 40.1. The number of hydrogen-bond acceptors (Lipinski definition) is 5. The zero-order chi connectivity index (χ0) is 23.6. The lowest BCUT2D eigenvalue weighted by Gasteiger charge is -2.19. The number of anilines is 1.